The summed E-state index contributed by atoms with van der Waals surface area (Å²) in [5.74, 6) is 2.38. The lowest BCUT2D eigenvalue weighted by molar-refractivity contribution is 0.393. The molecule has 7 rings (SSSR count). The number of fused-ring (bicyclic) bond motifs is 1. The standard InChI is InChI=1S/C21H18N4O.C20H19N3O/c1-13-20(14(2)26-24-13)17-9-18(11-22)21-19(10-17)25(15(3)23-21)12-16-7-5-4-6-8-16;1-13-19(14(2)24-23-13)17-10-16(20(22)18(11-17)12-21)9-8-15-6-4-3-5-7-15/h4-10H,12H2,1-3H3;3-7,10-11H,8-9,22H2,1-2H3. The van der Waals surface area contributed by atoms with Crippen LogP contribution in [0.2, 0.25) is 0 Å². The third-order valence-corrected chi connectivity index (χ3v) is 8.90. The van der Waals surface area contributed by atoms with Crippen molar-refractivity contribution >= 4 is 16.7 Å². The van der Waals surface area contributed by atoms with E-state index in [1.54, 1.807) is 0 Å². The zero-order chi connectivity index (χ0) is 35.4. The molecule has 0 spiro atoms. The van der Waals surface area contributed by atoms with Crippen molar-refractivity contribution in [3.8, 4) is 34.4 Å². The highest BCUT2D eigenvalue weighted by atomic mass is 16.5. The largest absolute Gasteiger partial charge is 0.397 e. The van der Waals surface area contributed by atoms with Gasteiger partial charge in [-0.2, -0.15) is 10.5 Å². The number of aryl methyl sites for hydroxylation is 7. The van der Waals surface area contributed by atoms with Gasteiger partial charge in [-0.15, -0.1) is 0 Å². The summed E-state index contributed by atoms with van der Waals surface area (Å²) in [7, 11) is 0. The first-order chi connectivity index (χ1) is 24.2. The predicted molar refractivity (Wildman–Crippen MR) is 194 cm³/mol. The average molecular weight is 660 g/mol. The van der Waals surface area contributed by atoms with E-state index in [2.05, 4.69) is 62.3 Å². The highest BCUT2D eigenvalue weighted by Crippen LogP contribution is 2.33. The molecule has 3 aromatic heterocycles. The van der Waals surface area contributed by atoms with E-state index in [9.17, 15) is 10.5 Å². The summed E-state index contributed by atoms with van der Waals surface area (Å²) in [5.41, 5.74) is 18.3. The van der Waals surface area contributed by atoms with Gasteiger partial charge in [0, 0.05) is 17.7 Å². The highest BCUT2D eigenvalue weighted by Gasteiger charge is 2.19. The second kappa shape index (κ2) is 14.3. The maximum absolute atomic E-state index is 9.65. The molecule has 0 saturated heterocycles. The van der Waals surface area contributed by atoms with E-state index in [1.807, 2.05) is 89.2 Å². The number of hydrogen-bond donors (Lipinski definition) is 1. The van der Waals surface area contributed by atoms with Crippen LogP contribution in [0, 0.1) is 57.3 Å². The van der Waals surface area contributed by atoms with Crippen molar-refractivity contribution in [3.63, 3.8) is 0 Å². The van der Waals surface area contributed by atoms with Gasteiger partial charge in [0.25, 0.3) is 0 Å². The van der Waals surface area contributed by atoms with Crippen LogP contribution in [0.15, 0.2) is 94.0 Å². The molecule has 7 aromatic rings. The molecule has 0 fully saturated rings. The van der Waals surface area contributed by atoms with Crippen molar-refractivity contribution < 1.29 is 9.05 Å². The summed E-state index contributed by atoms with van der Waals surface area (Å²) >= 11 is 0. The van der Waals surface area contributed by atoms with Crippen LogP contribution >= 0.6 is 0 Å². The Kier molecular flexibility index (Phi) is 9.60. The molecule has 0 atom stereocenters. The van der Waals surface area contributed by atoms with E-state index < -0.39 is 0 Å². The van der Waals surface area contributed by atoms with Gasteiger partial charge in [0.2, 0.25) is 0 Å². The topological polar surface area (TPSA) is 143 Å². The van der Waals surface area contributed by atoms with Gasteiger partial charge in [-0.1, -0.05) is 71.0 Å². The Labute approximate surface area is 291 Å². The van der Waals surface area contributed by atoms with Gasteiger partial charge in [0.1, 0.15) is 35.0 Å². The number of nitrogens with zero attached hydrogens (tertiary/aromatic N) is 6. The molecule has 0 bridgehead atoms. The van der Waals surface area contributed by atoms with Crippen molar-refractivity contribution in [2.24, 2.45) is 0 Å². The molecule has 0 unspecified atom stereocenters. The summed E-state index contributed by atoms with van der Waals surface area (Å²) in [5, 5.41) is 27.1. The van der Waals surface area contributed by atoms with Crippen LogP contribution in [0.1, 0.15) is 56.6 Å². The lowest BCUT2D eigenvalue weighted by atomic mass is 9.94. The quantitative estimate of drug-likeness (QED) is 0.167. The van der Waals surface area contributed by atoms with Crippen molar-refractivity contribution in [2.75, 3.05) is 5.73 Å². The molecular formula is C41H37N7O2. The Morgan fingerprint density at radius 3 is 1.76 bits per heavy atom. The molecule has 2 N–H and O–H groups in total. The van der Waals surface area contributed by atoms with E-state index in [-0.39, 0.29) is 0 Å². The van der Waals surface area contributed by atoms with E-state index in [4.69, 9.17) is 14.8 Å². The number of aromatic nitrogens is 4. The number of anilines is 1. The van der Waals surface area contributed by atoms with Crippen LogP contribution in [0.4, 0.5) is 5.69 Å². The third kappa shape index (κ3) is 6.76. The summed E-state index contributed by atoms with van der Waals surface area (Å²) < 4.78 is 12.7. The number of imidazole rings is 1. The number of hydrogen-bond acceptors (Lipinski definition) is 8. The molecule has 0 amide bonds. The van der Waals surface area contributed by atoms with Gasteiger partial charge in [-0.05, 0) is 99.5 Å². The lowest BCUT2D eigenvalue weighted by Crippen LogP contribution is -2.02. The van der Waals surface area contributed by atoms with Crippen LogP contribution < -0.4 is 5.73 Å². The first-order valence-electron chi connectivity index (χ1n) is 16.4. The molecule has 0 aliphatic carbocycles. The van der Waals surface area contributed by atoms with Gasteiger partial charge in [0.15, 0.2) is 0 Å². The summed E-state index contributed by atoms with van der Waals surface area (Å²) in [6.45, 7) is 10.3. The van der Waals surface area contributed by atoms with E-state index >= 15 is 0 Å². The van der Waals surface area contributed by atoms with Crippen molar-refractivity contribution in [1.82, 2.24) is 19.9 Å². The molecule has 4 aromatic carbocycles. The van der Waals surface area contributed by atoms with Crippen molar-refractivity contribution in [2.45, 2.75) is 54.0 Å². The average Bonchev–Trinajstić information content (AvgIpc) is 3.76. The van der Waals surface area contributed by atoms with Crippen LogP contribution in [0.3, 0.4) is 0 Å². The maximum atomic E-state index is 9.65. The van der Waals surface area contributed by atoms with Crippen molar-refractivity contribution in [3.05, 3.63) is 141 Å². The Balaban J connectivity index is 0.000000174. The molecule has 9 nitrogen and oxygen atoms in total. The fourth-order valence-corrected chi connectivity index (χ4v) is 6.40. The Hall–Kier alpha value is -6.45. The zero-order valence-electron chi connectivity index (χ0n) is 28.8. The number of benzene rings is 4. The van der Waals surface area contributed by atoms with E-state index in [0.29, 0.717) is 23.4 Å². The van der Waals surface area contributed by atoms with Gasteiger partial charge in [0.05, 0.1) is 33.7 Å². The number of nitriles is 2. The first kappa shape index (κ1) is 33.5. The number of nitrogen functional groups attached to an aromatic ring is 1. The summed E-state index contributed by atoms with van der Waals surface area (Å²) in [6, 6.07) is 32.8. The minimum Gasteiger partial charge on any atom is -0.397 e. The minimum absolute atomic E-state index is 0.496. The fraction of sp³-hybridized carbons (Fsp3) is 0.195. The molecule has 50 heavy (non-hydrogen) atoms. The number of rotatable bonds is 7. The van der Waals surface area contributed by atoms with Crippen LogP contribution in [0.5, 0.6) is 0 Å². The maximum Gasteiger partial charge on any atom is 0.141 e. The summed E-state index contributed by atoms with van der Waals surface area (Å²) in [6.07, 6.45) is 1.66. The van der Waals surface area contributed by atoms with Gasteiger partial charge in [-0.25, -0.2) is 4.98 Å². The second-order valence-corrected chi connectivity index (χ2v) is 12.3. The SMILES string of the molecule is Cc1noc(C)c1-c1cc(C#N)c(N)c(CCc2ccccc2)c1.Cc1noc(C)c1-c1cc(C#N)c2nc(C)n(Cc3ccccc3)c2c1. The smallest absolute Gasteiger partial charge is 0.141 e. The molecule has 3 heterocycles. The normalized spacial score (nSPS) is 10.8. The summed E-state index contributed by atoms with van der Waals surface area (Å²) in [4.78, 5) is 4.65. The second-order valence-electron chi connectivity index (χ2n) is 12.3. The molecule has 0 radical (unpaired) electrons. The Morgan fingerprint density at radius 2 is 1.22 bits per heavy atom. The van der Waals surface area contributed by atoms with Crippen LogP contribution in [-0.4, -0.2) is 19.9 Å². The van der Waals surface area contributed by atoms with Gasteiger partial charge in [-0.3, -0.25) is 0 Å². The molecule has 0 aliphatic rings. The van der Waals surface area contributed by atoms with Crippen LogP contribution in [0.25, 0.3) is 33.3 Å². The lowest BCUT2D eigenvalue weighted by Gasteiger charge is -2.11. The van der Waals surface area contributed by atoms with Crippen molar-refractivity contribution in [1.29, 1.82) is 10.5 Å². The third-order valence-electron chi connectivity index (χ3n) is 8.90. The Morgan fingerprint density at radius 1 is 0.680 bits per heavy atom. The van der Waals surface area contributed by atoms with Gasteiger partial charge < -0.3 is 19.3 Å². The van der Waals surface area contributed by atoms with Gasteiger partial charge >= 0.3 is 0 Å². The monoisotopic (exact) mass is 659 g/mol. The fourth-order valence-electron chi connectivity index (χ4n) is 6.40. The predicted octanol–water partition coefficient (Wildman–Crippen LogP) is 8.73. The zero-order valence-corrected chi connectivity index (χ0v) is 28.8. The first-order valence-corrected chi connectivity index (χ1v) is 16.4. The van der Waals surface area contributed by atoms with E-state index in [1.165, 1.54) is 11.1 Å². The molecular weight excluding hydrogens is 622 g/mol. The minimum atomic E-state index is 0.496. The number of nitrogens with two attached hydrogens (primary N) is 1. The van der Waals surface area contributed by atoms with E-state index in [0.717, 1.165) is 80.4 Å². The van der Waals surface area contributed by atoms with Crippen LogP contribution in [-0.2, 0) is 19.4 Å². The molecule has 0 aliphatic heterocycles. The molecule has 0 saturated carbocycles. The highest BCUT2D eigenvalue weighted by molar-refractivity contribution is 5.88. The molecule has 9 heteroatoms. The molecule has 248 valence electrons. The Bertz CT molecular complexity index is 2350.